The number of aryl methyl sites for hydroxylation is 1. The van der Waals surface area contributed by atoms with E-state index in [0.29, 0.717) is 17.6 Å². The second-order valence-electron chi connectivity index (χ2n) is 7.70. The Hall–Kier alpha value is -1.75. The molecule has 2 saturated heterocycles. The molecule has 152 valence electrons. The van der Waals surface area contributed by atoms with Crippen LogP contribution >= 0.6 is 24.8 Å². The van der Waals surface area contributed by atoms with Crippen LogP contribution in [0.25, 0.3) is 0 Å². The topological polar surface area (TPSA) is 53.2 Å². The highest BCUT2D eigenvalue weighted by molar-refractivity contribution is 6.00. The highest BCUT2D eigenvalue weighted by Crippen LogP contribution is 2.28. The van der Waals surface area contributed by atoms with Gasteiger partial charge in [0.05, 0.1) is 11.3 Å². The van der Waals surface area contributed by atoms with Gasteiger partial charge in [-0.05, 0) is 68.9 Å². The molecule has 1 amide bonds. The third-order valence-corrected chi connectivity index (χ3v) is 5.85. The quantitative estimate of drug-likeness (QED) is 0.657. The van der Waals surface area contributed by atoms with E-state index < -0.39 is 0 Å². The second kappa shape index (κ2) is 9.64. The minimum atomic E-state index is 0. The number of benzene rings is 2. The van der Waals surface area contributed by atoms with Crippen LogP contribution in [0.1, 0.15) is 47.2 Å². The summed E-state index contributed by atoms with van der Waals surface area (Å²) in [5.41, 5.74) is 5.06. The SMILES string of the molecule is Cc1cccc(Nc2ccccc2C(=O)NC2CC3CCC(C2)N3)c1C.Cl.Cl. The number of fused-ring (bicyclic) bond motifs is 2. The fraction of sp³-hybridized carbons (Fsp3) is 0.409. The minimum absolute atomic E-state index is 0. The van der Waals surface area contributed by atoms with Gasteiger partial charge < -0.3 is 16.0 Å². The van der Waals surface area contributed by atoms with Crippen molar-refractivity contribution in [3.05, 3.63) is 59.2 Å². The number of hydrogen-bond acceptors (Lipinski definition) is 3. The van der Waals surface area contributed by atoms with Gasteiger partial charge in [-0.2, -0.15) is 0 Å². The first-order valence-corrected chi connectivity index (χ1v) is 9.59. The number of rotatable bonds is 4. The molecule has 0 saturated carbocycles. The van der Waals surface area contributed by atoms with Gasteiger partial charge in [-0.25, -0.2) is 0 Å². The molecule has 2 unspecified atom stereocenters. The first-order valence-electron chi connectivity index (χ1n) is 9.59. The predicted molar refractivity (Wildman–Crippen MR) is 121 cm³/mol. The third-order valence-electron chi connectivity index (χ3n) is 5.85. The van der Waals surface area contributed by atoms with E-state index in [1.807, 2.05) is 30.3 Å². The van der Waals surface area contributed by atoms with E-state index in [9.17, 15) is 4.79 Å². The Balaban J connectivity index is 0.00000140. The minimum Gasteiger partial charge on any atom is -0.355 e. The van der Waals surface area contributed by atoms with E-state index in [4.69, 9.17) is 0 Å². The van der Waals surface area contributed by atoms with E-state index in [1.54, 1.807) is 0 Å². The molecule has 4 rings (SSSR count). The maximum Gasteiger partial charge on any atom is 0.253 e. The fourth-order valence-electron chi connectivity index (χ4n) is 4.26. The average molecular weight is 422 g/mol. The Morgan fingerprint density at radius 2 is 1.57 bits per heavy atom. The van der Waals surface area contributed by atoms with Gasteiger partial charge >= 0.3 is 0 Å². The molecule has 0 spiro atoms. The largest absolute Gasteiger partial charge is 0.355 e. The van der Waals surface area contributed by atoms with Gasteiger partial charge in [-0.15, -0.1) is 24.8 Å². The van der Waals surface area contributed by atoms with Gasteiger partial charge in [0.25, 0.3) is 5.91 Å². The maximum atomic E-state index is 12.9. The van der Waals surface area contributed by atoms with Crippen LogP contribution in [0.15, 0.2) is 42.5 Å². The average Bonchev–Trinajstić information content (AvgIpc) is 2.98. The Morgan fingerprint density at radius 1 is 0.929 bits per heavy atom. The Kier molecular flexibility index (Phi) is 7.76. The summed E-state index contributed by atoms with van der Waals surface area (Å²) in [6, 6.07) is 15.4. The van der Waals surface area contributed by atoms with Crippen LogP contribution in [0.5, 0.6) is 0 Å². The van der Waals surface area contributed by atoms with E-state index in [1.165, 1.54) is 24.0 Å². The molecule has 3 N–H and O–H groups in total. The van der Waals surface area contributed by atoms with Crippen molar-refractivity contribution in [2.24, 2.45) is 0 Å². The smallest absolute Gasteiger partial charge is 0.253 e. The molecule has 4 nitrogen and oxygen atoms in total. The standard InChI is InChI=1S/C22H27N3O.2ClH/c1-14-6-5-9-20(15(14)2)25-21-8-4-3-7-19(21)22(26)24-18-12-16-10-11-17(13-18)23-16;;/h3-9,16-18,23,25H,10-13H2,1-2H3,(H,24,26);2*1H. The Bertz CT molecular complexity index is 815. The van der Waals surface area contributed by atoms with Crippen molar-refractivity contribution in [1.82, 2.24) is 10.6 Å². The summed E-state index contributed by atoms with van der Waals surface area (Å²) in [7, 11) is 0. The molecule has 2 heterocycles. The van der Waals surface area contributed by atoms with E-state index in [2.05, 4.69) is 41.9 Å². The molecule has 0 aromatic heterocycles. The van der Waals surface area contributed by atoms with Crippen molar-refractivity contribution in [2.45, 2.75) is 57.7 Å². The predicted octanol–water partition coefficient (Wildman–Crippen LogP) is 4.90. The van der Waals surface area contributed by atoms with Gasteiger partial charge in [-0.1, -0.05) is 24.3 Å². The molecule has 2 aliphatic heterocycles. The lowest BCUT2D eigenvalue weighted by Gasteiger charge is -2.30. The third kappa shape index (κ3) is 4.80. The van der Waals surface area contributed by atoms with Gasteiger partial charge in [0, 0.05) is 23.8 Å². The number of amides is 1. The molecular weight excluding hydrogens is 393 g/mol. The van der Waals surface area contributed by atoms with E-state index in [-0.39, 0.29) is 36.8 Å². The molecule has 0 aliphatic carbocycles. The molecule has 6 heteroatoms. The summed E-state index contributed by atoms with van der Waals surface area (Å²) in [5.74, 6) is 0.0182. The van der Waals surface area contributed by atoms with Gasteiger partial charge in [0.1, 0.15) is 0 Å². The van der Waals surface area contributed by atoms with E-state index >= 15 is 0 Å². The molecule has 2 atom stereocenters. The molecule has 28 heavy (non-hydrogen) atoms. The number of anilines is 2. The molecule has 2 aliphatic rings. The van der Waals surface area contributed by atoms with E-state index in [0.717, 1.165) is 24.2 Å². The van der Waals surface area contributed by atoms with Crippen molar-refractivity contribution in [2.75, 3.05) is 5.32 Å². The summed E-state index contributed by atoms with van der Waals surface area (Å²) < 4.78 is 0. The summed E-state index contributed by atoms with van der Waals surface area (Å²) in [4.78, 5) is 12.9. The van der Waals surface area contributed by atoms with Gasteiger partial charge in [0.15, 0.2) is 0 Å². The van der Waals surface area contributed by atoms with Crippen LogP contribution in [0.3, 0.4) is 0 Å². The Labute approximate surface area is 179 Å². The van der Waals surface area contributed by atoms with Crippen molar-refractivity contribution < 1.29 is 4.79 Å². The zero-order valence-electron chi connectivity index (χ0n) is 16.3. The molecule has 2 aromatic carbocycles. The lowest BCUT2D eigenvalue weighted by molar-refractivity contribution is 0.0925. The Morgan fingerprint density at radius 3 is 2.29 bits per heavy atom. The lowest BCUT2D eigenvalue weighted by Crippen LogP contribution is -2.48. The molecule has 0 radical (unpaired) electrons. The summed E-state index contributed by atoms with van der Waals surface area (Å²) in [5, 5.41) is 10.4. The number of piperidine rings is 1. The number of para-hydroxylation sites is 1. The van der Waals surface area contributed by atoms with Crippen LogP contribution in [-0.2, 0) is 0 Å². The van der Waals surface area contributed by atoms with Crippen molar-refractivity contribution in [1.29, 1.82) is 0 Å². The molecule has 2 bridgehead atoms. The summed E-state index contributed by atoms with van der Waals surface area (Å²) >= 11 is 0. The van der Waals surface area contributed by atoms with Crippen LogP contribution in [-0.4, -0.2) is 24.0 Å². The monoisotopic (exact) mass is 421 g/mol. The van der Waals surface area contributed by atoms with Gasteiger partial charge in [0.2, 0.25) is 0 Å². The number of nitrogens with one attached hydrogen (secondary N) is 3. The number of hydrogen-bond donors (Lipinski definition) is 3. The number of halogens is 2. The van der Waals surface area contributed by atoms with Crippen LogP contribution in [0.4, 0.5) is 11.4 Å². The van der Waals surface area contributed by atoms with Crippen molar-refractivity contribution in [3.63, 3.8) is 0 Å². The van der Waals surface area contributed by atoms with Crippen LogP contribution < -0.4 is 16.0 Å². The van der Waals surface area contributed by atoms with Crippen LogP contribution in [0.2, 0.25) is 0 Å². The zero-order chi connectivity index (χ0) is 18.1. The highest BCUT2D eigenvalue weighted by atomic mass is 35.5. The molecule has 2 fully saturated rings. The summed E-state index contributed by atoms with van der Waals surface area (Å²) in [6.07, 6.45) is 4.55. The maximum absolute atomic E-state index is 12.9. The number of carbonyl (C=O) groups excluding carboxylic acids is 1. The normalized spacial score (nSPS) is 22.6. The van der Waals surface area contributed by atoms with Crippen LogP contribution in [0, 0.1) is 13.8 Å². The number of carbonyl (C=O) groups is 1. The van der Waals surface area contributed by atoms with Crippen molar-refractivity contribution >= 4 is 42.1 Å². The van der Waals surface area contributed by atoms with Crippen molar-refractivity contribution in [3.8, 4) is 0 Å². The lowest BCUT2D eigenvalue weighted by atomic mass is 9.99. The van der Waals surface area contributed by atoms with Gasteiger partial charge in [-0.3, -0.25) is 4.79 Å². The first kappa shape index (κ1) is 22.5. The zero-order valence-corrected chi connectivity index (χ0v) is 18.0. The molecular formula is C22H29Cl2N3O. The second-order valence-corrected chi connectivity index (χ2v) is 7.70. The highest BCUT2D eigenvalue weighted by Gasteiger charge is 2.34. The summed E-state index contributed by atoms with van der Waals surface area (Å²) in [6.45, 7) is 4.20. The first-order chi connectivity index (χ1) is 12.6. The fourth-order valence-corrected chi connectivity index (χ4v) is 4.26. The molecule has 2 aromatic rings.